The van der Waals surface area contributed by atoms with E-state index >= 15 is 0 Å². The predicted octanol–water partition coefficient (Wildman–Crippen LogP) is 1.38. The van der Waals surface area contributed by atoms with E-state index < -0.39 is 0 Å². The summed E-state index contributed by atoms with van der Waals surface area (Å²) in [6.07, 6.45) is 2.45. The van der Waals surface area contributed by atoms with E-state index in [1.54, 1.807) is 7.17 Å². The van der Waals surface area contributed by atoms with E-state index in [0.717, 1.165) is 0 Å². The summed E-state index contributed by atoms with van der Waals surface area (Å²) in [5.74, 6) is 0.602. The smallest absolute Gasteiger partial charge is 0.0583 e. The minimum absolute atomic E-state index is 0.602. The van der Waals surface area contributed by atoms with Crippen LogP contribution in [-0.2, 0) is 0 Å². The minimum Gasteiger partial charge on any atom is -0.0810 e. The van der Waals surface area contributed by atoms with Crippen molar-refractivity contribution in [3.8, 4) is 0 Å². The molecule has 0 aromatic heterocycles. The Labute approximate surface area is 48.3 Å². The fourth-order valence-corrected chi connectivity index (χ4v) is 0.552. The van der Waals surface area contributed by atoms with Crippen LogP contribution in [0.15, 0.2) is 0 Å². The zero-order valence-corrected chi connectivity index (χ0v) is 5.15. The molecule has 2 heteroatoms. The SMILES string of the molecule is [B][B]C(C)CCC. The van der Waals surface area contributed by atoms with Gasteiger partial charge in [0.25, 0.3) is 0 Å². The van der Waals surface area contributed by atoms with Gasteiger partial charge >= 0.3 is 0 Å². The molecule has 0 nitrogen and oxygen atoms in total. The molecule has 1 atom stereocenters. The Kier molecular flexibility index (Phi) is 4.37. The third-order valence-corrected chi connectivity index (χ3v) is 1.07. The lowest BCUT2D eigenvalue weighted by Gasteiger charge is -2.02. The van der Waals surface area contributed by atoms with E-state index in [0.29, 0.717) is 5.82 Å². The summed E-state index contributed by atoms with van der Waals surface area (Å²) in [4.78, 5) is 0. The highest BCUT2D eigenvalue weighted by atomic mass is 13.9. The molecular formula is C5H11B2. The maximum atomic E-state index is 5.23. The first kappa shape index (κ1) is 7.13. The number of hydrogen-bond donors (Lipinski definition) is 0. The molecule has 0 rings (SSSR count). The average Bonchev–Trinajstić information content (AvgIpc) is 1.68. The fraction of sp³-hybridized carbons (Fsp3) is 1.00. The molecule has 0 heterocycles. The van der Waals surface area contributed by atoms with Gasteiger partial charge in [-0.25, -0.2) is 0 Å². The Morgan fingerprint density at radius 3 is 2.43 bits per heavy atom. The zero-order valence-electron chi connectivity index (χ0n) is 5.15. The number of hydrogen-bond acceptors (Lipinski definition) is 0. The summed E-state index contributed by atoms with van der Waals surface area (Å²) in [6, 6.07) is 0. The van der Waals surface area contributed by atoms with Crippen molar-refractivity contribution in [3.63, 3.8) is 0 Å². The van der Waals surface area contributed by atoms with Crippen LogP contribution in [0.4, 0.5) is 0 Å². The Balaban J connectivity index is 2.83. The van der Waals surface area contributed by atoms with Crippen molar-refractivity contribution in [3.05, 3.63) is 0 Å². The van der Waals surface area contributed by atoms with Crippen molar-refractivity contribution in [2.24, 2.45) is 0 Å². The molecule has 0 aliphatic rings. The first-order chi connectivity index (χ1) is 3.31. The predicted molar refractivity (Wildman–Crippen MR) is 35.8 cm³/mol. The Morgan fingerprint density at radius 2 is 2.29 bits per heavy atom. The van der Waals surface area contributed by atoms with Gasteiger partial charge in [0.15, 0.2) is 0 Å². The Hall–Kier alpha value is 0.130. The van der Waals surface area contributed by atoms with Gasteiger partial charge in [-0.2, -0.15) is 0 Å². The molecule has 0 aromatic rings. The molecule has 0 aliphatic carbocycles. The van der Waals surface area contributed by atoms with Gasteiger partial charge < -0.3 is 0 Å². The highest BCUT2D eigenvalue weighted by Crippen LogP contribution is 2.06. The van der Waals surface area contributed by atoms with Gasteiger partial charge in [-0.1, -0.05) is 32.5 Å². The van der Waals surface area contributed by atoms with Gasteiger partial charge in [0.2, 0.25) is 0 Å². The topological polar surface area (TPSA) is 0 Å². The second-order valence-electron chi connectivity index (χ2n) is 1.96. The molecule has 1 unspecified atom stereocenters. The normalized spacial score (nSPS) is 13.4. The molecule has 37 valence electrons. The summed E-state index contributed by atoms with van der Waals surface area (Å²) in [5, 5.41) is 0. The van der Waals surface area contributed by atoms with Crippen LogP contribution in [0, 0.1) is 0 Å². The zero-order chi connectivity index (χ0) is 5.70. The molecule has 0 spiro atoms. The van der Waals surface area contributed by atoms with Crippen LogP contribution in [0.25, 0.3) is 0 Å². The van der Waals surface area contributed by atoms with Crippen LogP contribution in [0.1, 0.15) is 26.7 Å². The molecule has 0 saturated carbocycles. The van der Waals surface area contributed by atoms with Gasteiger partial charge in [0.05, 0.1) is 7.17 Å². The van der Waals surface area contributed by atoms with Crippen molar-refractivity contribution in [2.75, 3.05) is 0 Å². The molecule has 0 bridgehead atoms. The molecule has 0 aliphatic heterocycles. The van der Waals surface area contributed by atoms with E-state index in [2.05, 4.69) is 13.8 Å². The average molecular weight is 92.8 g/mol. The summed E-state index contributed by atoms with van der Waals surface area (Å²) in [7, 11) is 6.99. The molecule has 3 radical (unpaired) electrons. The second kappa shape index (κ2) is 4.29. The standard InChI is InChI=1S/C5H11B2/c1-3-4-5(2)7-6/h5H,3-4H2,1-2H3. The Morgan fingerprint density at radius 1 is 1.71 bits per heavy atom. The lowest BCUT2D eigenvalue weighted by Crippen LogP contribution is -1.97. The van der Waals surface area contributed by atoms with Crippen molar-refractivity contribution in [1.29, 1.82) is 0 Å². The van der Waals surface area contributed by atoms with E-state index in [1.807, 2.05) is 0 Å². The first-order valence-corrected chi connectivity index (χ1v) is 2.86. The minimum atomic E-state index is 0.602. The molecule has 0 N–H and O–H groups in total. The van der Waals surface area contributed by atoms with E-state index in [4.69, 9.17) is 7.74 Å². The first-order valence-electron chi connectivity index (χ1n) is 2.86. The number of rotatable bonds is 3. The van der Waals surface area contributed by atoms with Crippen LogP contribution in [0.5, 0.6) is 0 Å². The van der Waals surface area contributed by atoms with E-state index in [1.165, 1.54) is 12.8 Å². The Bertz CT molecular complexity index is 37.1. The molecule has 0 amide bonds. The third kappa shape index (κ3) is 3.97. The molecular weight excluding hydrogens is 81.7 g/mol. The summed E-state index contributed by atoms with van der Waals surface area (Å²) in [6.45, 7) is 4.30. The summed E-state index contributed by atoms with van der Waals surface area (Å²) >= 11 is 0. The quantitative estimate of drug-likeness (QED) is 0.462. The fourth-order valence-electron chi connectivity index (χ4n) is 0.552. The maximum Gasteiger partial charge on any atom is 0.0583 e. The molecule has 0 aromatic carbocycles. The lowest BCUT2D eigenvalue weighted by atomic mass is 9.47. The van der Waals surface area contributed by atoms with Gasteiger partial charge in [-0.05, 0) is 0 Å². The van der Waals surface area contributed by atoms with Crippen molar-refractivity contribution >= 4 is 14.9 Å². The van der Waals surface area contributed by atoms with Crippen molar-refractivity contribution < 1.29 is 0 Å². The molecule has 7 heavy (non-hydrogen) atoms. The van der Waals surface area contributed by atoms with Crippen LogP contribution >= 0.6 is 0 Å². The maximum absolute atomic E-state index is 5.23. The third-order valence-electron chi connectivity index (χ3n) is 1.07. The van der Waals surface area contributed by atoms with Crippen molar-refractivity contribution in [2.45, 2.75) is 32.5 Å². The van der Waals surface area contributed by atoms with Crippen LogP contribution in [0.3, 0.4) is 0 Å². The van der Waals surface area contributed by atoms with Crippen molar-refractivity contribution in [1.82, 2.24) is 0 Å². The second-order valence-corrected chi connectivity index (χ2v) is 1.96. The molecule has 0 fully saturated rings. The largest absolute Gasteiger partial charge is 0.0810 e. The van der Waals surface area contributed by atoms with Gasteiger partial charge in [0.1, 0.15) is 0 Å². The van der Waals surface area contributed by atoms with Crippen LogP contribution in [-0.4, -0.2) is 14.9 Å². The highest BCUT2D eigenvalue weighted by molar-refractivity contribution is 6.90. The lowest BCUT2D eigenvalue weighted by molar-refractivity contribution is 0.767. The van der Waals surface area contributed by atoms with Gasteiger partial charge in [-0.15, -0.1) is 0 Å². The monoisotopic (exact) mass is 93.1 g/mol. The van der Waals surface area contributed by atoms with Crippen LogP contribution in [0.2, 0.25) is 5.82 Å². The van der Waals surface area contributed by atoms with Crippen LogP contribution < -0.4 is 0 Å². The van der Waals surface area contributed by atoms with E-state index in [9.17, 15) is 0 Å². The van der Waals surface area contributed by atoms with Gasteiger partial charge in [-0.3, -0.25) is 0 Å². The summed E-state index contributed by atoms with van der Waals surface area (Å²) in [5.41, 5.74) is 0. The summed E-state index contributed by atoms with van der Waals surface area (Å²) < 4.78 is 0. The van der Waals surface area contributed by atoms with E-state index in [-0.39, 0.29) is 0 Å². The molecule has 0 saturated heterocycles. The van der Waals surface area contributed by atoms with Gasteiger partial charge in [0, 0.05) is 7.74 Å². The highest BCUT2D eigenvalue weighted by Gasteiger charge is 1.93.